The molecule has 0 bridgehead atoms. The number of nitrogens with one attached hydrogen (secondary N) is 1. The average molecular weight is 330 g/mol. The van der Waals surface area contributed by atoms with Crippen LogP contribution in [0.1, 0.15) is 25.3 Å². The van der Waals surface area contributed by atoms with Gasteiger partial charge >= 0.3 is 5.97 Å². The van der Waals surface area contributed by atoms with Gasteiger partial charge < -0.3 is 15.0 Å². The molecule has 0 aliphatic heterocycles. The molecule has 1 amide bonds. The standard InChI is InChI=1S/C12H18N4O3S2/c1-20-5-4-9(11(18)19)14-10(17)6-21-12-15-13-7-16(12)8-2-3-8/h7-9H,2-6H2,1H3,(H,14,17)(H,18,19)/t9-/m0/s1. The minimum absolute atomic E-state index is 0.147. The molecule has 7 nitrogen and oxygen atoms in total. The lowest BCUT2D eigenvalue weighted by Crippen LogP contribution is -2.42. The van der Waals surface area contributed by atoms with Gasteiger partial charge in [0.15, 0.2) is 5.16 Å². The summed E-state index contributed by atoms with van der Waals surface area (Å²) >= 11 is 2.84. The number of hydrogen-bond acceptors (Lipinski definition) is 6. The predicted octanol–water partition coefficient (Wildman–Crippen LogP) is 1.03. The molecule has 1 saturated carbocycles. The molecule has 2 rings (SSSR count). The Morgan fingerprint density at radius 1 is 1.57 bits per heavy atom. The summed E-state index contributed by atoms with van der Waals surface area (Å²) in [4.78, 5) is 22.9. The Morgan fingerprint density at radius 2 is 2.33 bits per heavy atom. The lowest BCUT2D eigenvalue weighted by molar-refractivity contribution is -0.141. The number of carbonyl (C=O) groups excluding carboxylic acids is 1. The summed E-state index contributed by atoms with van der Waals surface area (Å²) in [6, 6.07) is -0.370. The summed E-state index contributed by atoms with van der Waals surface area (Å²) in [6.07, 6.45) is 6.24. The fourth-order valence-corrected chi connectivity index (χ4v) is 3.06. The lowest BCUT2D eigenvalue weighted by atomic mass is 10.2. The number of aliphatic carboxylic acids is 1. The molecule has 0 radical (unpaired) electrons. The van der Waals surface area contributed by atoms with E-state index < -0.39 is 12.0 Å². The van der Waals surface area contributed by atoms with E-state index in [1.807, 2.05) is 10.8 Å². The van der Waals surface area contributed by atoms with Crippen LogP contribution in [0.2, 0.25) is 0 Å². The molecule has 2 N–H and O–H groups in total. The van der Waals surface area contributed by atoms with Crippen molar-refractivity contribution in [1.29, 1.82) is 0 Å². The quantitative estimate of drug-likeness (QED) is 0.653. The maximum absolute atomic E-state index is 11.9. The molecule has 0 unspecified atom stereocenters. The van der Waals surface area contributed by atoms with Gasteiger partial charge in [-0.05, 0) is 31.3 Å². The van der Waals surface area contributed by atoms with Crippen molar-refractivity contribution in [2.24, 2.45) is 0 Å². The molecule has 1 aliphatic rings. The first-order valence-corrected chi connectivity index (χ1v) is 9.03. The number of carbonyl (C=O) groups is 2. The van der Waals surface area contributed by atoms with Crippen molar-refractivity contribution in [1.82, 2.24) is 20.1 Å². The summed E-state index contributed by atoms with van der Waals surface area (Å²) in [6.45, 7) is 0. The van der Waals surface area contributed by atoms with Gasteiger partial charge in [-0.3, -0.25) is 4.79 Å². The molecule has 1 aliphatic carbocycles. The van der Waals surface area contributed by atoms with Crippen molar-refractivity contribution >= 4 is 35.4 Å². The maximum Gasteiger partial charge on any atom is 0.326 e. The van der Waals surface area contributed by atoms with Gasteiger partial charge in [0.05, 0.1) is 5.75 Å². The first-order valence-electron chi connectivity index (χ1n) is 6.65. The molecule has 0 spiro atoms. The third-order valence-corrected chi connectivity index (χ3v) is 4.66. The zero-order valence-corrected chi connectivity index (χ0v) is 13.3. The SMILES string of the molecule is CSCC[C@H](NC(=O)CSc1nncn1C1CC1)C(=O)O. The lowest BCUT2D eigenvalue weighted by Gasteiger charge is -2.13. The highest BCUT2D eigenvalue weighted by Gasteiger charge is 2.26. The molecule has 21 heavy (non-hydrogen) atoms. The number of carboxylic acids is 1. The van der Waals surface area contributed by atoms with E-state index in [4.69, 9.17) is 5.11 Å². The van der Waals surface area contributed by atoms with Gasteiger partial charge in [-0.1, -0.05) is 11.8 Å². The Bertz CT molecular complexity index is 504. The largest absolute Gasteiger partial charge is 0.480 e. The molecule has 1 fully saturated rings. The van der Waals surface area contributed by atoms with Crippen LogP contribution in [0.3, 0.4) is 0 Å². The minimum atomic E-state index is -0.997. The summed E-state index contributed by atoms with van der Waals surface area (Å²) in [5, 5.41) is 20.2. The number of amides is 1. The highest BCUT2D eigenvalue weighted by Crippen LogP contribution is 2.37. The van der Waals surface area contributed by atoms with Gasteiger partial charge in [-0.2, -0.15) is 11.8 Å². The second kappa shape index (κ2) is 7.69. The van der Waals surface area contributed by atoms with E-state index in [9.17, 15) is 9.59 Å². The summed E-state index contributed by atoms with van der Waals surface area (Å²) in [7, 11) is 0. The molecular weight excluding hydrogens is 312 g/mol. The Labute approximate surface area is 131 Å². The fourth-order valence-electron chi connectivity index (χ4n) is 1.80. The second-order valence-electron chi connectivity index (χ2n) is 4.78. The third-order valence-electron chi connectivity index (χ3n) is 3.06. The van der Waals surface area contributed by atoms with Crippen molar-refractivity contribution in [3.05, 3.63) is 6.33 Å². The molecule has 0 aromatic carbocycles. The van der Waals surface area contributed by atoms with Crippen molar-refractivity contribution in [2.75, 3.05) is 17.8 Å². The van der Waals surface area contributed by atoms with Crippen LogP contribution in [0.25, 0.3) is 0 Å². The van der Waals surface area contributed by atoms with Crippen LogP contribution in [0.5, 0.6) is 0 Å². The van der Waals surface area contributed by atoms with Crippen LogP contribution < -0.4 is 5.32 Å². The van der Waals surface area contributed by atoms with Crippen molar-refractivity contribution < 1.29 is 14.7 Å². The molecule has 1 aromatic heterocycles. The van der Waals surface area contributed by atoms with Crippen LogP contribution in [-0.4, -0.2) is 55.6 Å². The second-order valence-corrected chi connectivity index (χ2v) is 6.71. The van der Waals surface area contributed by atoms with Crippen LogP contribution in [0.4, 0.5) is 0 Å². The molecule has 116 valence electrons. The number of hydrogen-bond donors (Lipinski definition) is 2. The zero-order valence-electron chi connectivity index (χ0n) is 11.7. The molecule has 9 heteroatoms. The third kappa shape index (κ3) is 4.92. The smallest absolute Gasteiger partial charge is 0.326 e. The van der Waals surface area contributed by atoms with Crippen molar-refractivity contribution in [2.45, 2.75) is 36.5 Å². The Balaban J connectivity index is 1.80. The first-order chi connectivity index (χ1) is 10.1. The summed E-state index contributed by atoms with van der Waals surface area (Å²) < 4.78 is 1.97. The Hall–Kier alpha value is -1.22. The summed E-state index contributed by atoms with van der Waals surface area (Å²) in [5.41, 5.74) is 0. The van der Waals surface area contributed by atoms with E-state index in [-0.39, 0.29) is 11.7 Å². The van der Waals surface area contributed by atoms with Crippen molar-refractivity contribution in [3.63, 3.8) is 0 Å². The zero-order chi connectivity index (χ0) is 15.2. The maximum atomic E-state index is 11.9. The monoisotopic (exact) mass is 330 g/mol. The van der Waals surface area contributed by atoms with E-state index in [2.05, 4.69) is 15.5 Å². The number of aromatic nitrogens is 3. The van der Waals surface area contributed by atoms with E-state index in [1.165, 1.54) is 11.8 Å². The number of nitrogens with zero attached hydrogens (tertiary/aromatic N) is 3. The number of carboxylic acid groups (broad SMARTS) is 1. The van der Waals surface area contributed by atoms with Gasteiger partial charge in [-0.25, -0.2) is 4.79 Å². The van der Waals surface area contributed by atoms with Crippen LogP contribution in [0, 0.1) is 0 Å². The van der Waals surface area contributed by atoms with Gasteiger partial charge in [-0.15, -0.1) is 10.2 Å². The number of rotatable bonds is 9. The summed E-state index contributed by atoms with van der Waals surface area (Å²) in [5.74, 6) is -0.447. The molecule has 1 aromatic rings. The minimum Gasteiger partial charge on any atom is -0.480 e. The topological polar surface area (TPSA) is 97.1 Å². The van der Waals surface area contributed by atoms with Crippen LogP contribution in [0.15, 0.2) is 11.5 Å². The fraction of sp³-hybridized carbons (Fsp3) is 0.667. The van der Waals surface area contributed by atoms with E-state index in [0.717, 1.165) is 12.8 Å². The number of thioether (sulfide) groups is 2. The van der Waals surface area contributed by atoms with Crippen LogP contribution in [-0.2, 0) is 9.59 Å². The highest BCUT2D eigenvalue weighted by molar-refractivity contribution is 7.99. The Kier molecular flexibility index (Phi) is 5.92. The van der Waals surface area contributed by atoms with Gasteiger partial charge in [0.25, 0.3) is 0 Å². The van der Waals surface area contributed by atoms with E-state index in [0.29, 0.717) is 23.4 Å². The van der Waals surface area contributed by atoms with Crippen molar-refractivity contribution in [3.8, 4) is 0 Å². The van der Waals surface area contributed by atoms with E-state index in [1.54, 1.807) is 18.1 Å². The highest BCUT2D eigenvalue weighted by atomic mass is 32.2. The molecule has 1 heterocycles. The average Bonchev–Trinajstić information content (AvgIpc) is 3.19. The molecule has 0 saturated heterocycles. The van der Waals surface area contributed by atoms with Crippen LogP contribution >= 0.6 is 23.5 Å². The normalized spacial score (nSPS) is 15.7. The van der Waals surface area contributed by atoms with Gasteiger partial charge in [0, 0.05) is 6.04 Å². The first kappa shape index (κ1) is 16.2. The van der Waals surface area contributed by atoms with Gasteiger partial charge in [0.1, 0.15) is 12.4 Å². The Morgan fingerprint density at radius 3 is 2.95 bits per heavy atom. The molecule has 1 atom stereocenters. The van der Waals surface area contributed by atoms with E-state index >= 15 is 0 Å². The van der Waals surface area contributed by atoms with Gasteiger partial charge in [0.2, 0.25) is 5.91 Å². The molecular formula is C12H18N4O3S2. The predicted molar refractivity (Wildman–Crippen MR) is 81.6 cm³/mol.